The first kappa shape index (κ1) is 18.6. The van der Waals surface area contributed by atoms with Crippen LogP contribution in [0.1, 0.15) is 5.56 Å². The fourth-order valence-corrected chi connectivity index (χ4v) is 6.76. The largest absolute Gasteiger partial charge is 0.456 e. The molecule has 2 heterocycles. The second-order valence-electron chi connectivity index (χ2n) is 9.78. The zero-order chi connectivity index (χ0) is 21.5. The predicted octanol–water partition coefficient (Wildman–Crippen LogP) is 6.72. The Hall–Kier alpha value is -3.17. The number of hydrogen-bond acceptors (Lipinski definition) is 1. The van der Waals surface area contributed by atoms with Crippen molar-refractivity contribution in [1.82, 2.24) is 0 Å². The molecule has 6 aromatic rings. The summed E-state index contributed by atoms with van der Waals surface area (Å²) >= 11 is 0. The number of hydrogen-bond donors (Lipinski definition) is 0. The third-order valence-electron chi connectivity index (χ3n) is 6.70. The first-order valence-corrected chi connectivity index (χ1v) is 14.4. The second-order valence-corrected chi connectivity index (χ2v) is 14.8. The molecule has 0 N–H and O–H groups in total. The maximum Gasteiger partial charge on any atom is 0.221 e. The maximum absolute atomic E-state index is 6.80. The number of nitrogens with zero attached hydrogens (tertiary/aromatic N) is 1. The zero-order valence-electron chi connectivity index (χ0n) is 18.7. The Morgan fingerprint density at radius 2 is 1.42 bits per heavy atom. The van der Waals surface area contributed by atoms with Crippen LogP contribution in [0.2, 0.25) is 19.6 Å². The Morgan fingerprint density at radius 1 is 0.710 bits per heavy atom. The summed E-state index contributed by atoms with van der Waals surface area (Å²) in [5, 5.41) is 10.2. The second kappa shape index (κ2) is 6.18. The molecule has 0 aliphatic rings. The van der Waals surface area contributed by atoms with Gasteiger partial charge in [0.1, 0.15) is 18.2 Å². The molecule has 0 saturated carbocycles. The van der Waals surface area contributed by atoms with Crippen molar-refractivity contribution in [1.29, 1.82) is 0 Å². The minimum Gasteiger partial charge on any atom is -0.456 e. The van der Waals surface area contributed by atoms with Crippen LogP contribution in [0, 0.1) is 6.92 Å². The molecule has 4 aromatic carbocycles. The van der Waals surface area contributed by atoms with E-state index < -0.39 is 8.07 Å². The van der Waals surface area contributed by atoms with Gasteiger partial charge in [0.2, 0.25) is 5.52 Å². The van der Waals surface area contributed by atoms with Crippen LogP contribution in [-0.4, -0.2) is 8.07 Å². The van der Waals surface area contributed by atoms with Crippen LogP contribution in [0.3, 0.4) is 0 Å². The van der Waals surface area contributed by atoms with Gasteiger partial charge in [0.15, 0.2) is 6.20 Å². The van der Waals surface area contributed by atoms with E-state index in [1.165, 1.54) is 54.0 Å². The van der Waals surface area contributed by atoms with E-state index in [9.17, 15) is 0 Å². The fourth-order valence-electron chi connectivity index (χ4n) is 5.30. The van der Waals surface area contributed by atoms with Gasteiger partial charge in [-0.1, -0.05) is 62.1 Å². The van der Waals surface area contributed by atoms with Gasteiger partial charge >= 0.3 is 0 Å². The normalized spacial score (nSPS) is 12.7. The molecule has 0 radical (unpaired) electrons. The molecule has 0 spiro atoms. The van der Waals surface area contributed by atoms with Gasteiger partial charge in [-0.3, -0.25) is 0 Å². The molecule has 2 nitrogen and oxygen atoms in total. The van der Waals surface area contributed by atoms with E-state index in [0.717, 1.165) is 11.2 Å². The van der Waals surface area contributed by atoms with Crippen molar-refractivity contribution in [3.63, 3.8) is 0 Å². The lowest BCUT2D eigenvalue weighted by Crippen LogP contribution is -2.37. The van der Waals surface area contributed by atoms with Crippen LogP contribution in [0.5, 0.6) is 0 Å². The average Bonchev–Trinajstić information content (AvgIpc) is 3.11. The monoisotopic (exact) mass is 420 g/mol. The summed E-state index contributed by atoms with van der Waals surface area (Å²) in [6.45, 7) is 9.41. The molecule has 3 heteroatoms. The number of furan rings is 1. The standard InChI is InChI=1S/C28H26NOSi/c1-17-16-22-21-12-8-14-23(31(3,4)5)27(21)30-28(22)25-19-11-7-6-10-18(19)20-13-9-15-29(2)26(20)24(17)25/h6-16H,1-5H3/q+1. The van der Waals surface area contributed by atoms with E-state index in [2.05, 4.69) is 105 Å². The number of aryl methyl sites for hydroxylation is 2. The highest BCUT2D eigenvalue weighted by atomic mass is 28.3. The summed E-state index contributed by atoms with van der Waals surface area (Å²) in [6, 6.07) is 22.1. The lowest BCUT2D eigenvalue weighted by Gasteiger charge is -2.16. The van der Waals surface area contributed by atoms with E-state index in [1.807, 2.05) is 0 Å². The fraction of sp³-hybridized carbons (Fsp3) is 0.179. The Labute approximate surface area is 182 Å². The summed E-state index contributed by atoms with van der Waals surface area (Å²) < 4.78 is 9.05. The smallest absolute Gasteiger partial charge is 0.221 e. The topological polar surface area (TPSA) is 17.0 Å². The first-order chi connectivity index (χ1) is 14.9. The van der Waals surface area contributed by atoms with E-state index in [-0.39, 0.29) is 0 Å². The summed E-state index contributed by atoms with van der Waals surface area (Å²) in [6.07, 6.45) is 2.14. The lowest BCUT2D eigenvalue weighted by molar-refractivity contribution is -0.644. The zero-order valence-corrected chi connectivity index (χ0v) is 19.7. The van der Waals surface area contributed by atoms with Gasteiger partial charge in [0.05, 0.1) is 18.8 Å². The van der Waals surface area contributed by atoms with Gasteiger partial charge in [-0.2, -0.15) is 0 Å². The molecule has 6 rings (SSSR count). The average molecular weight is 421 g/mol. The van der Waals surface area contributed by atoms with E-state index >= 15 is 0 Å². The van der Waals surface area contributed by atoms with Crippen molar-refractivity contribution >= 4 is 67.6 Å². The highest BCUT2D eigenvalue weighted by Gasteiger charge is 2.25. The van der Waals surface area contributed by atoms with Crippen LogP contribution in [0.15, 0.2) is 71.3 Å². The van der Waals surface area contributed by atoms with Crippen molar-refractivity contribution < 1.29 is 8.98 Å². The Balaban J connectivity index is 1.98. The quantitative estimate of drug-likeness (QED) is 0.164. The Morgan fingerprint density at radius 3 is 2.19 bits per heavy atom. The molecule has 31 heavy (non-hydrogen) atoms. The summed E-state index contributed by atoms with van der Waals surface area (Å²) in [4.78, 5) is 0. The molecule has 0 bridgehead atoms. The third kappa shape index (κ3) is 2.47. The molecular weight excluding hydrogens is 394 g/mol. The number of rotatable bonds is 1. The predicted molar refractivity (Wildman–Crippen MR) is 135 cm³/mol. The number of pyridine rings is 1. The van der Waals surface area contributed by atoms with Crippen LogP contribution in [0.4, 0.5) is 0 Å². The van der Waals surface area contributed by atoms with Crippen molar-refractivity contribution in [2.45, 2.75) is 26.6 Å². The lowest BCUT2D eigenvalue weighted by atomic mass is 9.92. The van der Waals surface area contributed by atoms with Crippen LogP contribution < -0.4 is 9.75 Å². The number of para-hydroxylation sites is 1. The number of fused-ring (bicyclic) bond motifs is 10. The highest BCUT2D eigenvalue weighted by Crippen LogP contribution is 2.42. The molecule has 0 fully saturated rings. The summed E-state index contributed by atoms with van der Waals surface area (Å²) in [5.41, 5.74) is 4.65. The van der Waals surface area contributed by atoms with Gasteiger partial charge in [-0.25, -0.2) is 4.57 Å². The maximum atomic E-state index is 6.80. The number of aromatic nitrogens is 1. The van der Waals surface area contributed by atoms with E-state index in [1.54, 1.807) is 0 Å². The molecule has 152 valence electrons. The number of benzene rings is 4. The minimum atomic E-state index is -1.55. The molecular formula is C28H26NOSi+. The molecule has 2 aromatic heterocycles. The molecule has 0 atom stereocenters. The molecule has 0 amide bonds. The summed E-state index contributed by atoms with van der Waals surface area (Å²) in [5.74, 6) is 0. The van der Waals surface area contributed by atoms with Crippen LogP contribution in [0.25, 0.3) is 54.4 Å². The third-order valence-corrected chi connectivity index (χ3v) is 8.71. The van der Waals surface area contributed by atoms with Crippen LogP contribution in [-0.2, 0) is 7.05 Å². The van der Waals surface area contributed by atoms with Crippen LogP contribution >= 0.6 is 0 Å². The molecule has 0 aliphatic carbocycles. The molecule has 0 saturated heterocycles. The van der Waals surface area contributed by atoms with Crippen molar-refractivity contribution in [2.24, 2.45) is 7.05 Å². The van der Waals surface area contributed by atoms with Crippen molar-refractivity contribution in [3.8, 4) is 0 Å². The van der Waals surface area contributed by atoms with Gasteiger partial charge < -0.3 is 4.42 Å². The minimum absolute atomic E-state index is 1.02. The van der Waals surface area contributed by atoms with Gasteiger partial charge in [0.25, 0.3) is 0 Å². The van der Waals surface area contributed by atoms with Crippen molar-refractivity contribution in [3.05, 3.63) is 72.4 Å². The SMILES string of the molecule is Cc1cc2c3cccc([Si](C)(C)C)c3oc2c2c3ccccc3c3ccc[n+](C)c3c12. The summed E-state index contributed by atoms with van der Waals surface area (Å²) in [7, 11) is 0.595. The van der Waals surface area contributed by atoms with E-state index in [4.69, 9.17) is 4.42 Å². The van der Waals surface area contributed by atoms with Crippen molar-refractivity contribution in [2.75, 3.05) is 0 Å². The van der Waals surface area contributed by atoms with E-state index in [0.29, 0.717) is 0 Å². The van der Waals surface area contributed by atoms with Gasteiger partial charge in [-0.05, 0) is 40.6 Å². The molecule has 0 aliphatic heterocycles. The molecule has 0 unspecified atom stereocenters. The Bertz CT molecular complexity index is 1690. The van der Waals surface area contributed by atoms with Gasteiger partial charge in [0, 0.05) is 22.2 Å². The first-order valence-electron chi connectivity index (χ1n) is 10.9. The van der Waals surface area contributed by atoms with Gasteiger partial charge in [-0.15, -0.1) is 0 Å². The highest BCUT2D eigenvalue weighted by molar-refractivity contribution is 6.90. The Kier molecular flexibility index (Phi) is 3.70.